The number of rotatable bonds is 2. The number of carbonyl (C=O) groups is 2. The Bertz CT molecular complexity index is 634. The molecule has 2 bridgehead atoms. The number of hydrogen-bond donors (Lipinski definition) is 0. The lowest BCUT2D eigenvalue weighted by Gasteiger charge is -2.58. The maximum atomic E-state index is 12.9. The predicted octanol–water partition coefficient (Wildman–Crippen LogP) is 3.13. The number of ether oxygens (including phenoxy) is 2. The standard InChI is InChI=1S/C20H28O6/c1-11-6-7-15-13(10-12-4-3-5-16(12)21)17(22)23-18-20(15)14(11)8-9-19(2,24-18)25-26-20/h11-15,18H,3-10H2,1-2H3/t11-,12?,13-,14+,15+,18-,19+,20-/m1/s1. The highest BCUT2D eigenvalue weighted by Crippen LogP contribution is 2.60. The summed E-state index contributed by atoms with van der Waals surface area (Å²) in [7, 11) is 0. The molecule has 8 atom stereocenters. The fourth-order valence-corrected chi connectivity index (χ4v) is 6.32. The Labute approximate surface area is 153 Å². The van der Waals surface area contributed by atoms with Gasteiger partial charge in [-0.25, -0.2) is 9.78 Å². The predicted molar refractivity (Wildman–Crippen MR) is 89.3 cm³/mol. The summed E-state index contributed by atoms with van der Waals surface area (Å²) in [4.78, 5) is 36.9. The van der Waals surface area contributed by atoms with Crippen LogP contribution >= 0.6 is 0 Å². The molecule has 0 amide bonds. The van der Waals surface area contributed by atoms with Crippen LogP contribution in [0.25, 0.3) is 0 Å². The Balaban J connectivity index is 1.52. The molecule has 2 saturated carbocycles. The molecule has 6 rings (SSSR count). The van der Waals surface area contributed by atoms with Crippen molar-refractivity contribution in [3.8, 4) is 0 Å². The minimum atomic E-state index is -0.855. The van der Waals surface area contributed by atoms with Crippen molar-refractivity contribution in [2.24, 2.45) is 29.6 Å². The van der Waals surface area contributed by atoms with Gasteiger partial charge in [-0.05, 0) is 51.4 Å². The van der Waals surface area contributed by atoms with Crippen LogP contribution in [0.3, 0.4) is 0 Å². The van der Waals surface area contributed by atoms with E-state index in [0.29, 0.717) is 24.5 Å². The molecule has 1 spiro atoms. The summed E-state index contributed by atoms with van der Waals surface area (Å²) in [5, 5.41) is 0. The number of hydrogen-bond acceptors (Lipinski definition) is 6. The van der Waals surface area contributed by atoms with E-state index >= 15 is 0 Å². The number of ketones is 1. The van der Waals surface area contributed by atoms with Crippen LogP contribution in [0.15, 0.2) is 0 Å². The minimum Gasteiger partial charge on any atom is -0.432 e. The molecule has 1 unspecified atom stereocenters. The van der Waals surface area contributed by atoms with Crippen molar-refractivity contribution in [2.75, 3.05) is 0 Å². The van der Waals surface area contributed by atoms with Gasteiger partial charge in [0.1, 0.15) is 5.78 Å². The Hall–Kier alpha value is -0.980. The molecular weight excluding hydrogens is 336 g/mol. The molecule has 0 aromatic heterocycles. The Kier molecular flexibility index (Phi) is 3.80. The number of esters is 1. The van der Waals surface area contributed by atoms with Crippen molar-refractivity contribution in [3.63, 3.8) is 0 Å². The molecule has 4 saturated heterocycles. The smallest absolute Gasteiger partial charge is 0.311 e. The van der Waals surface area contributed by atoms with E-state index in [4.69, 9.17) is 19.2 Å². The normalized spacial score (nSPS) is 53.2. The zero-order valence-corrected chi connectivity index (χ0v) is 15.6. The first kappa shape index (κ1) is 17.1. The Morgan fingerprint density at radius 1 is 1.08 bits per heavy atom. The molecule has 4 aliphatic heterocycles. The van der Waals surface area contributed by atoms with Crippen LogP contribution < -0.4 is 0 Å². The maximum Gasteiger partial charge on any atom is 0.311 e. The third-order valence-electron chi connectivity index (χ3n) is 7.76. The average molecular weight is 364 g/mol. The van der Waals surface area contributed by atoms with Gasteiger partial charge in [0, 0.05) is 30.6 Å². The first-order chi connectivity index (χ1) is 12.4. The van der Waals surface area contributed by atoms with Crippen molar-refractivity contribution in [1.82, 2.24) is 0 Å². The highest BCUT2D eigenvalue weighted by molar-refractivity contribution is 5.84. The van der Waals surface area contributed by atoms with E-state index in [1.54, 1.807) is 0 Å². The second-order valence-electron chi connectivity index (χ2n) is 9.24. The summed E-state index contributed by atoms with van der Waals surface area (Å²) < 4.78 is 12.0. The summed E-state index contributed by atoms with van der Waals surface area (Å²) in [5.41, 5.74) is -0.728. The van der Waals surface area contributed by atoms with E-state index in [0.717, 1.165) is 38.5 Å². The fourth-order valence-electron chi connectivity index (χ4n) is 6.32. The topological polar surface area (TPSA) is 71.1 Å². The summed E-state index contributed by atoms with van der Waals surface area (Å²) in [6.07, 6.45) is 5.97. The lowest BCUT2D eigenvalue weighted by molar-refractivity contribution is -0.559. The second-order valence-corrected chi connectivity index (χ2v) is 9.24. The first-order valence-corrected chi connectivity index (χ1v) is 10.2. The fraction of sp³-hybridized carbons (Fsp3) is 0.900. The van der Waals surface area contributed by atoms with Crippen molar-refractivity contribution < 1.29 is 28.8 Å². The van der Waals surface area contributed by atoms with E-state index in [9.17, 15) is 9.59 Å². The van der Waals surface area contributed by atoms with Crippen LogP contribution in [0.4, 0.5) is 0 Å². The molecular formula is C20H28O6. The van der Waals surface area contributed by atoms with Gasteiger partial charge in [-0.3, -0.25) is 9.59 Å². The average Bonchev–Trinajstić information content (AvgIpc) is 2.86. The van der Waals surface area contributed by atoms with Gasteiger partial charge in [0.15, 0.2) is 5.60 Å². The van der Waals surface area contributed by atoms with Gasteiger partial charge in [0.05, 0.1) is 5.92 Å². The van der Waals surface area contributed by atoms with Gasteiger partial charge < -0.3 is 9.47 Å². The monoisotopic (exact) mass is 364 g/mol. The van der Waals surface area contributed by atoms with Gasteiger partial charge >= 0.3 is 5.97 Å². The molecule has 2 aliphatic carbocycles. The van der Waals surface area contributed by atoms with Crippen molar-refractivity contribution in [3.05, 3.63) is 0 Å². The Morgan fingerprint density at radius 3 is 2.69 bits per heavy atom. The third kappa shape index (κ3) is 2.28. The summed E-state index contributed by atoms with van der Waals surface area (Å²) in [6, 6.07) is 0. The molecule has 0 N–H and O–H groups in total. The summed E-state index contributed by atoms with van der Waals surface area (Å²) in [5.74, 6) is -0.403. The molecule has 0 aromatic rings. The zero-order valence-electron chi connectivity index (χ0n) is 15.6. The number of fused-ring (bicyclic) bond motifs is 2. The molecule has 6 aliphatic rings. The van der Waals surface area contributed by atoms with Crippen LogP contribution in [-0.4, -0.2) is 29.4 Å². The van der Waals surface area contributed by atoms with E-state index in [1.807, 2.05) is 6.92 Å². The molecule has 0 aromatic carbocycles. The number of carbonyl (C=O) groups excluding carboxylic acids is 2. The lowest BCUT2D eigenvalue weighted by Crippen LogP contribution is -2.70. The highest BCUT2D eigenvalue weighted by atomic mass is 17.3. The van der Waals surface area contributed by atoms with Crippen molar-refractivity contribution >= 4 is 11.8 Å². The van der Waals surface area contributed by atoms with Gasteiger partial charge in [0.25, 0.3) is 0 Å². The summed E-state index contributed by atoms with van der Waals surface area (Å²) >= 11 is 0. The van der Waals surface area contributed by atoms with Crippen molar-refractivity contribution in [1.29, 1.82) is 0 Å². The van der Waals surface area contributed by atoms with Crippen LogP contribution in [0.5, 0.6) is 0 Å². The molecule has 6 heteroatoms. The van der Waals surface area contributed by atoms with Gasteiger partial charge in [-0.15, -0.1) is 0 Å². The quantitative estimate of drug-likeness (QED) is 0.554. The van der Waals surface area contributed by atoms with Crippen molar-refractivity contribution in [2.45, 2.75) is 82.9 Å². The van der Waals surface area contributed by atoms with Crippen LogP contribution in [0.2, 0.25) is 0 Å². The van der Waals surface area contributed by atoms with E-state index in [1.165, 1.54) is 0 Å². The highest BCUT2D eigenvalue weighted by Gasteiger charge is 2.70. The molecule has 6 fully saturated rings. The lowest BCUT2D eigenvalue weighted by atomic mass is 9.57. The number of Topliss-reactive ketones (excluding diaryl/α,β-unsaturated/α-hetero) is 1. The maximum absolute atomic E-state index is 12.9. The van der Waals surface area contributed by atoms with Crippen LogP contribution in [0.1, 0.15) is 65.2 Å². The third-order valence-corrected chi connectivity index (χ3v) is 7.76. The van der Waals surface area contributed by atoms with Gasteiger partial charge in [-0.1, -0.05) is 6.92 Å². The SMILES string of the molecule is C[C@@H]1CC[C@H]2[C@@H](CC3CCCC3=O)C(=O)O[C@@H]3O[C@]4(C)CC[C@@H]1[C@]32OO4. The van der Waals surface area contributed by atoms with E-state index < -0.39 is 17.7 Å². The molecule has 6 nitrogen and oxygen atoms in total. The largest absolute Gasteiger partial charge is 0.432 e. The van der Waals surface area contributed by atoms with Gasteiger partial charge in [-0.2, -0.15) is 0 Å². The molecule has 144 valence electrons. The molecule has 0 radical (unpaired) electrons. The molecule has 4 heterocycles. The van der Waals surface area contributed by atoms with Crippen LogP contribution in [0, 0.1) is 29.6 Å². The first-order valence-electron chi connectivity index (χ1n) is 10.2. The minimum absolute atomic E-state index is 0.00833. The van der Waals surface area contributed by atoms with Gasteiger partial charge in [0.2, 0.25) is 12.1 Å². The zero-order chi connectivity index (χ0) is 18.1. The van der Waals surface area contributed by atoms with E-state index in [2.05, 4.69) is 6.92 Å². The van der Waals surface area contributed by atoms with Crippen LogP contribution in [-0.2, 0) is 28.8 Å². The Morgan fingerprint density at radius 2 is 1.92 bits per heavy atom. The second kappa shape index (κ2) is 5.76. The summed E-state index contributed by atoms with van der Waals surface area (Å²) in [6.45, 7) is 4.11. The molecule has 26 heavy (non-hydrogen) atoms. The van der Waals surface area contributed by atoms with E-state index in [-0.39, 0.29) is 29.6 Å².